The molecule has 0 saturated heterocycles. The molecule has 0 unspecified atom stereocenters. The van der Waals surface area contributed by atoms with E-state index >= 15 is 0 Å². The Morgan fingerprint density at radius 3 is 2.53 bits per heavy atom. The first-order valence-corrected chi connectivity index (χ1v) is 6.50. The lowest BCUT2D eigenvalue weighted by atomic mass is 10.1. The number of ether oxygens (including phenoxy) is 1. The van der Waals surface area contributed by atoms with Gasteiger partial charge in [0.05, 0.1) is 23.7 Å². The Bertz CT molecular complexity index is 573. The Morgan fingerprint density at radius 2 is 1.95 bits per heavy atom. The number of esters is 1. The molecular formula is C15H18N2O2. The number of hydrogen-bond donors (Lipinski definition) is 0. The van der Waals surface area contributed by atoms with Crippen molar-refractivity contribution in [1.29, 1.82) is 0 Å². The number of para-hydroxylation sites is 1. The van der Waals surface area contributed by atoms with Crippen molar-refractivity contribution in [2.45, 2.75) is 27.2 Å². The minimum absolute atomic E-state index is 0.293. The molecular weight excluding hydrogens is 240 g/mol. The van der Waals surface area contributed by atoms with Crippen LogP contribution in [0.25, 0.3) is 5.69 Å². The van der Waals surface area contributed by atoms with E-state index in [2.05, 4.69) is 5.10 Å². The van der Waals surface area contributed by atoms with Gasteiger partial charge in [-0.25, -0.2) is 9.48 Å². The molecule has 0 fully saturated rings. The number of nitrogens with zero attached hydrogens (tertiary/aromatic N) is 2. The van der Waals surface area contributed by atoms with Gasteiger partial charge in [0.1, 0.15) is 5.56 Å². The number of carbonyl (C=O) groups excluding carboxylic acids is 1. The normalized spacial score (nSPS) is 10.5. The molecule has 0 bridgehead atoms. The average Bonchev–Trinajstić information content (AvgIpc) is 2.76. The lowest BCUT2D eigenvalue weighted by molar-refractivity contribution is 0.0524. The number of aryl methyl sites for hydroxylation is 1. The molecule has 4 heteroatoms. The Balaban J connectivity index is 2.53. The third-order valence-corrected chi connectivity index (χ3v) is 2.97. The molecule has 0 aliphatic carbocycles. The first-order chi connectivity index (χ1) is 9.19. The SMILES string of the molecule is CCOC(=O)c1c(C)nn(-c2ccccc2)c1CC. The fraction of sp³-hybridized carbons (Fsp3) is 0.333. The zero-order valence-corrected chi connectivity index (χ0v) is 11.5. The molecule has 0 amide bonds. The van der Waals surface area contributed by atoms with Gasteiger partial charge >= 0.3 is 5.97 Å². The van der Waals surface area contributed by atoms with Crippen molar-refractivity contribution in [3.8, 4) is 5.69 Å². The Kier molecular flexibility index (Phi) is 4.00. The van der Waals surface area contributed by atoms with Crippen LogP contribution < -0.4 is 0 Å². The molecule has 2 aromatic rings. The third kappa shape index (κ3) is 2.52. The lowest BCUT2D eigenvalue weighted by Gasteiger charge is -2.07. The molecule has 1 aromatic heterocycles. The summed E-state index contributed by atoms with van der Waals surface area (Å²) in [5.41, 5.74) is 3.15. The van der Waals surface area contributed by atoms with Crippen LogP contribution in [0, 0.1) is 6.92 Å². The van der Waals surface area contributed by atoms with Gasteiger partial charge in [-0.2, -0.15) is 5.10 Å². The van der Waals surface area contributed by atoms with Crippen molar-refractivity contribution in [3.63, 3.8) is 0 Å². The van der Waals surface area contributed by atoms with E-state index in [4.69, 9.17) is 4.74 Å². The van der Waals surface area contributed by atoms with Gasteiger partial charge in [-0.1, -0.05) is 25.1 Å². The molecule has 0 aliphatic rings. The van der Waals surface area contributed by atoms with Crippen molar-refractivity contribution in [1.82, 2.24) is 9.78 Å². The second kappa shape index (κ2) is 5.69. The number of carbonyl (C=O) groups is 1. The van der Waals surface area contributed by atoms with Crippen LogP contribution >= 0.6 is 0 Å². The topological polar surface area (TPSA) is 44.1 Å². The number of aromatic nitrogens is 2. The maximum absolute atomic E-state index is 12.0. The van der Waals surface area contributed by atoms with Crippen LogP contribution in [-0.2, 0) is 11.2 Å². The van der Waals surface area contributed by atoms with Crippen molar-refractivity contribution in [2.75, 3.05) is 6.61 Å². The summed E-state index contributed by atoms with van der Waals surface area (Å²) in [5, 5.41) is 4.47. The molecule has 0 spiro atoms. The van der Waals surface area contributed by atoms with Gasteiger partial charge in [0.2, 0.25) is 0 Å². The first-order valence-electron chi connectivity index (χ1n) is 6.50. The van der Waals surface area contributed by atoms with E-state index in [9.17, 15) is 4.79 Å². The summed E-state index contributed by atoms with van der Waals surface area (Å²) < 4.78 is 6.93. The predicted molar refractivity (Wildman–Crippen MR) is 73.6 cm³/mol. The summed E-state index contributed by atoms with van der Waals surface area (Å²) in [4.78, 5) is 12.0. The highest BCUT2D eigenvalue weighted by atomic mass is 16.5. The Labute approximate surface area is 113 Å². The fourth-order valence-corrected chi connectivity index (χ4v) is 2.15. The molecule has 0 N–H and O–H groups in total. The molecule has 0 aliphatic heterocycles. The monoisotopic (exact) mass is 258 g/mol. The standard InChI is InChI=1S/C15H18N2O2/c1-4-13-14(15(18)19-5-2)11(3)16-17(13)12-9-7-6-8-10-12/h6-10H,4-5H2,1-3H3. The van der Waals surface area contributed by atoms with Crippen LogP contribution in [0.2, 0.25) is 0 Å². The van der Waals surface area contributed by atoms with Crippen LogP contribution in [0.15, 0.2) is 30.3 Å². The van der Waals surface area contributed by atoms with E-state index in [0.717, 1.165) is 17.8 Å². The van der Waals surface area contributed by atoms with E-state index in [0.29, 0.717) is 17.9 Å². The largest absolute Gasteiger partial charge is 0.462 e. The molecule has 19 heavy (non-hydrogen) atoms. The highest BCUT2D eigenvalue weighted by Crippen LogP contribution is 2.20. The van der Waals surface area contributed by atoms with E-state index in [1.807, 2.05) is 48.9 Å². The summed E-state index contributed by atoms with van der Waals surface area (Å²) in [5.74, 6) is -0.293. The molecule has 1 heterocycles. The first kappa shape index (κ1) is 13.3. The van der Waals surface area contributed by atoms with E-state index in [1.165, 1.54) is 0 Å². The van der Waals surface area contributed by atoms with Crippen molar-refractivity contribution in [3.05, 3.63) is 47.3 Å². The minimum Gasteiger partial charge on any atom is -0.462 e. The third-order valence-electron chi connectivity index (χ3n) is 2.97. The molecule has 4 nitrogen and oxygen atoms in total. The van der Waals surface area contributed by atoms with Gasteiger partial charge in [0.25, 0.3) is 0 Å². The number of rotatable bonds is 4. The molecule has 0 radical (unpaired) electrons. The summed E-state index contributed by atoms with van der Waals surface area (Å²) in [6.07, 6.45) is 0.726. The summed E-state index contributed by atoms with van der Waals surface area (Å²) in [7, 11) is 0. The second-order valence-corrected chi connectivity index (χ2v) is 4.23. The van der Waals surface area contributed by atoms with Crippen molar-refractivity contribution < 1.29 is 9.53 Å². The van der Waals surface area contributed by atoms with Crippen LogP contribution in [0.4, 0.5) is 0 Å². The smallest absolute Gasteiger partial charge is 0.341 e. The maximum Gasteiger partial charge on any atom is 0.341 e. The summed E-state index contributed by atoms with van der Waals surface area (Å²) >= 11 is 0. The molecule has 0 saturated carbocycles. The van der Waals surface area contributed by atoms with Gasteiger partial charge in [-0.15, -0.1) is 0 Å². The van der Waals surface area contributed by atoms with Gasteiger partial charge in [0, 0.05) is 0 Å². The zero-order chi connectivity index (χ0) is 13.8. The van der Waals surface area contributed by atoms with Crippen LogP contribution in [-0.4, -0.2) is 22.4 Å². The number of benzene rings is 1. The van der Waals surface area contributed by atoms with Gasteiger partial charge in [0.15, 0.2) is 0 Å². The summed E-state index contributed by atoms with van der Waals surface area (Å²) in [6, 6.07) is 9.81. The highest BCUT2D eigenvalue weighted by molar-refractivity contribution is 5.92. The lowest BCUT2D eigenvalue weighted by Crippen LogP contribution is -2.09. The van der Waals surface area contributed by atoms with Gasteiger partial charge < -0.3 is 4.74 Å². The molecule has 100 valence electrons. The van der Waals surface area contributed by atoms with E-state index < -0.39 is 0 Å². The molecule has 0 atom stereocenters. The average molecular weight is 258 g/mol. The highest BCUT2D eigenvalue weighted by Gasteiger charge is 2.21. The predicted octanol–water partition coefficient (Wildman–Crippen LogP) is 2.92. The second-order valence-electron chi connectivity index (χ2n) is 4.23. The van der Waals surface area contributed by atoms with Crippen LogP contribution in [0.1, 0.15) is 35.6 Å². The van der Waals surface area contributed by atoms with Crippen molar-refractivity contribution >= 4 is 5.97 Å². The quantitative estimate of drug-likeness (QED) is 0.792. The van der Waals surface area contributed by atoms with E-state index in [-0.39, 0.29) is 5.97 Å². The zero-order valence-electron chi connectivity index (χ0n) is 11.5. The molecule has 1 aromatic carbocycles. The van der Waals surface area contributed by atoms with Gasteiger partial charge in [-0.3, -0.25) is 0 Å². The number of hydrogen-bond acceptors (Lipinski definition) is 3. The summed E-state index contributed by atoms with van der Waals surface area (Å²) in [6.45, 7) is 6.03. The fourth-order valence-electron chi connectivity index (χ4n) is 2.15. The Morgan fingerprint density at radius 1 is 1.26 bits per heavy atom. The Hall–Kier alpha value is -2.10. The van der Waals surface area contributed by atoms with Crippen LogP contribution in [0.3, 0.4) is 0 Å². The maximum atomic E-state index is 12.0. The van der Waals surface area contributed by atoms with Crippen molar-refractivity contribution in [2.24, 2.45) is 0 Å². The minimum atomic E-state index is -0.293. The van der Waals surface area contributed by atoms with Gasteiger partial charge in [-0.05, 0) is 32.4 Å². The molecule has 2 rings (SSSR count). The van der Waals surface area contributed by atoms with Crippen LogP contribution in [0.5, 0.6) is 0 Å². The van der Waals surface area contributed by atoms with E-state index in [1.54, 1.807) is 6.92 Å².